The van der Waals surface area contributed by atoms with Gasteiger partial charge in [0.2, 0.25) is 0 Å². The zero-order chi connectivity index (χ0) is 12.1. The molecule has 88 valence electrons. The molecule has 0 aliphatic heterocycles. The van der Waals surface area contributed by atoms with Crippen molar-refractivity contribution in [3.8, 4) is 0 Å². The maximum atomic E-state index is 11.5. The fraction of sp³-hybridized carbons (Fsp3) is 0.750. The lowest BCUT2D eigenvalue weighted by Gasteiger charge is -2.27. The summed E-state index contributed by atoms with van der Waals surface area (Å²) in [6.45, 7) is 7.56. The summed E-state index contributed by atoms with van der Waals surface area (Å²) >= 11 is 3.94. The van der Waals surface area contributed by atoms with Crippen molar-refractivity contribution >= 4 is 18.4 Å². The van der Waals surface area contributed by atoms with Crippen molar-refractivity contribution in [1.82, 2.24) is 0 Å². The van der Waals surface area contributed by atoms with Gasteiger partial charge >= 0.3 is 0 Å². The third-order valence-electron chi connectivity index (χ3n) is 2.73. The molecule has 0 aromatic rings. The average molecular weight is 230 g/mol. The molecule has 1 N–H and O–H groups in total. The van der Waals surface area contributed by atoms with E-state index in [-0.39, 0.29) is 5.78 Å². The summed E-state index contributed by atoms with van der Waals surface area (Å²) in [5, 5.41) is 9.24. The molecule has 2 unspecified atom stereocenters. The molecule has 0 aromatic carbocycles. The van der Waals surface area contributed by atoms with Crippen molar-refractivity contribution in [2.45, 2.75) is 52.4 Å². The minimum atomic E-state index is -0.717. The van der Waals surface area contributed by atoms with Crippen LogP contribution < -0.4 is 0 Å². The Hall–Kier alpha value is -0.280. The van der Waals surface area contributed by atoms with E-state index in [1.165, 1.54) is 5.57 Å². The number of hydrogen-bond donors (Lipinski definition) is 2. The SMILES string of the molecule is CC(=O)C(C)(CCC=C(C)C)CC(O)S. The zero-order valence-corrected chi connectivity index (χ0v) is 11.0. The fourth-order valence-electron chi connectivity index (χ4n) is 1.50. The Morgan fingerprint density at radius 3 is 2.33 bits per heavy atom. The topological polar surface area (TPSA) is 37.3 Å². The van der Waals surface area contributed by atoms with Gasteiger partial charge in [0.15, 0.2) is 0 Å². The van der Waals surface area contributed by atoms with E-state index in [1.54, 1.807) is 6.92 Å². The second-order valence-corrected chi connectivity index (χ2v) is 5.22. The average Bonchev–Trinajstić information content (AvgIpc) is 2.01. The molecule has 0 aliphatic carbocycles. The predicted octanol–water partition coefficient (Wildman–Crippen LogP) is 2.97. The van der Waals surface area contributed by atoms with Crippen molar-refractivity contribution in [3.63, 3.8) is 0 Å². The molecule has 0 aliphatic rings. The molecule has 0 saturated heterocycles. The molecule has 3 heteroatoms. The number of rotatable bonds is 6. The van der Waals surface area contributed by atoms with Crippen molar-refractivity contribution in [3.05, 3.63) is 11.6 Å². The van der Waals surface area contributed by atoms with E-state index < -0.39 is 10.9 Å². The molecular formula is C12H22O2S. The first kappa shape index (κ1) is 14.7. The van der Waals surface area contributed by atoms with Gasteiger partial charge in [0.05, 0.1) is 5.44 Å². The highest BCUT2D eigenvalue weighted by atomic mass is 32.1. The van der Waals surface area contributed by atoms with Gasteiger partial charge < -0.3 is 5.11 Å². The minimum absolute atomic E-state index is 0.123. The number of aliphatic hydroxyl groups excluding tert-OH is 1. The Morgan fingerprint density at radius 1 is 1.47 bits per heavy atom. The molecule has 0 radical (unpaired) electrons. The van der Waals surface area contributed by atoms with Crippen LogP contribution >= 0.6 is 12.6 Å². The smallest absolute Gasteiger partial charge is 0.135 e. The molecule has 0 aromatic heterocycles. The van der Waals surface area contributed by atoms with Gasteiger partial charge in [-0.25, -0.2) is 0 Å². The number of aliphatic hydroxyl groups is 1. The summed E-state index contributed by atoms with van der Waals surface area (Å²) in [5.41, 5.74) is 0.0885. The van der Waals surface area contributed by atoms with Crippen molar-refractivity contribution < 1.29 is 9.90 Å². The molecule has 0 fully saturated rings. The first-order valence-electron chi connectivity index (χ1n) is 5.28. The lowest BCUT2D eigenvalue weighted by Crippen LogP contribution is -2.28. The first-order chi connectivity index (χ1) is 6.78. The van der Waals surface area contributed by atoms with Gasteiger partial charge in [-0.05, 0) is 40.0 Å². The molecule has 0 spiro atoms. The molecule has 0 amide bonds. The Kier molecular flexibility index (Phi) is 6.22. The molecule has 0 bridgehead atoms. The van der Waals surface area contributed by atoms with Crippen LogP contribution in [0, 0.1) is 5.41 Å². The summed E-state index contributed by atoms with van der Waals surface area (Å²) in [5.74, 6) is 0.123. The number of carbonyl (C=O) groups is 1. The summed E-state index contributed by atoms with van der Waals surface area (Å²) in [6.07, 6.45) is 4.18. The van der Waals surface area contributed by atoms with Crippen LogP contribution in [0.2, 0.25) is 0 Å². The lowest BCUT2D eigenvalue weighted by atomic mass is 9.79. The van der Waals surface area contributed by atoms with E-state index in [0.29, 0.717) is 6.42 Å². The van der Waals surface area contributed by atoms with Crippen LogP contribution in [0.1, 0.15) is 47.0 Å². The van der Waals surface area contributed by atoms with Crippen molar-refractivity contribution in [1.29, 1.82) is 0 Å². The van der Waals surface area contributed by atoms with Gasteiger partial charge in [0, 0.05) is 5.41 Å². The summed E-state index contributed by atoms with van der Waals surface area (Å²) in [4.78, 5) is 11.5. The van der Waals surface area contributed by atoms with E-state index in [4.69, 9.17) is 0 Å². The molecule has 2 atom stereocenters. The largest absolute Gasteiger partial charge is 0.383 e. The Morgan fingerprint density at radius 2 is 2.00 bits per heavy atom. The van der Waals surface area contributed by atoms with Gasteiger partial charge in [0.1, 0.15) is 5.78 Å². The Bertz CT molecular complexity index is 242. The lowest BCUT2D eigenvalue weighted by molar-refractivity contribution is -0.127. The number of allylic oxidation sites excluding steroid dienone is 2. The van der Waals surface area contributed by atoms with Gasteiger partial charge in [0.25, 0.3) is 0 Å². The third kappa shape index (κ3) is 6.00. The monoisotopic (exact) mass is 230 g/mol. The minimum Gasteiger partial charge on any atom is -0.383 e. The second-order valence-electron chi connectivity index (χ2n) is 4.62. The van der Waals surface area contributed by atoms with Crippen LogP contribution in [0.5, 0.6) is 0 Å². The van der Waals surface area contributed by atoms with Crippen LogP contribution in [0.15, 0.2) is 11.6 Å². The van der Waals surface area contributed by atoms with Crippen molar-refractivity contribution in [2.24, 2.45) is 5.41 Å². The van der Waals surface area contributed by atoms with Gasteiger partial charge in [-0.3, -0.25) is 4.79 Å². The van der Waals surface area contributed by atoms with Gasteiger partial charge in [-0.2, -0.15) is 0 Å². The zero-order valence-electron chi connectivity index (χ0n) is 10.1. The van der Waals surface area contributed by atoms with Crippen LogP contribution in [0.25, 0.3) is 0 Å². The highest BCUT2D eigenvalue weighted by molar-refractivity contribution is 7.80. The predicted molar refractivity (Wildman–Crippen MR) is 67.1 cm³/mol. The third-order valence-corrected chi connectivity index (χ3v) is 2.91. The molecule has 2 nitrogen and oxygen atoms in total. The van der Waals surface area contributed by atoms with Crippen LogP contribution in [0.3, 0.4) is 0 Å². The molecule has 0 saturated carbocycles. The number of carbonyl (C=O) groups excluding carboxylic acids is 1. The highest BCUT2D eigenvalue weighted by Gasteiger charge is 2.30. The number of thiol groups is 1. The standard InChI is InChI=1S/C12H22O2S/c1-9(2)6-5-7-12(4,10(3)13)8-11(14)15/h6,11,14-15H,5,7-8H2,1-4H3. The van der Waals surface area contributed by atoms with Crippen LogP contribution in [-0.4, -0.2) is 16.3 Å². The fourth-order valence-corrected chi connectivity index (χ4v) is 1.91. The summed E-state index contributed by atoms with van der Waals surface area (Å²) < 4.78 is 0. The van der Waals surface area contributed by atoms with E-state index in [0.717, 1.165) is 12.8 Å². The molecular weight excluding hydrogens is 208 g/mol. The number of hydrogen-bond acceptors (Lipinski definition) is 3. The maximum absolute atomic E-state index is 11.5. The Labute approximate surface area is 98.2 Å². The van der Waals surface area contributed by atoms with E-state index in [2.05, 4.69) is 18.7 Å². The highest BCUT2D eigenvalue weighted by Crippen LogP contribution is 2.31. The summed E-state index contributed by atoms with van der Waals surface area (Å²) in [7, 11) is 0. The quantitative estimate of drug-likeness (QED) is 0.418. The normalized spacial score (nSPS) is 16.7. The maximum Gasteiger partial charge on any atom is 0.135 e. The Balaban J connectivity index is 4.39. The van der Waals surface area contributed by atoms with E-state index in [9.17, 15) is 9.90 Å². The first-order valence-corrected chi connectivity index (χ1v) is 5.80. The van der Waals surface area contributed by atoms with Gasteiger partial charge in [-0.15, -0.1) is 12.6 Å². The number of ketones is 1. The van der Waals surface area contributed by atoms with Crippen molar-refractivity contribution in [2.75, 3.05) is 0 Å². The molecule has 0 rings (SSSR count). The van der Waals surface area contributed by atoms with Crippen LogP contribution in [0.4, 0.5) is 0 Å². The van der Waals surface area contributed by atoms with Gasteiger partial charge in [-0.1, -0.05) is 18.6 Å². The second kappa shape index (κ2) is 6.33. The van der Waals surface area contributed by atoms with Crippen LogP contribution in [-0.2, 0) is 4.79 Å². The van der Waals surface area contributed by atoms with E-state index >= 15 is 0 Å². The summed E-state index contributed by atoms with van der Waals surface area (Å²) in [6, 6.07) is 0. The molecule has 15 heavy (non-hydrogen) atoms. The number of Topliss-reactive ketones (excluding diaryl/α,β-unsaturated/α-hetero) is 1. The molecule has 0 heterocycles. The van der Waals surface area contributed by atoms with E-state index in [1.807, 2.05) is 20.8 Å².